The van der Waals surface area contributed by atoms with E-state index in [9.17, 15) is 8.42 Å². The molecule has 0 atom stereocenters. The summed E-state index contributed by atoms with van der Waals surface area (Å²) in [4.78, 5) is 5.65. The van der Waals surface area contributed by atoms with Crippen molar-refractivity contribution < 1.29 is 13.2 Å². The molecule has 0 saturated heterocycles. The zero-order valence-electron chi connectivity index (χ0n) is 15.5. The normalized spacial score (nSPS) is 11.3. The lowest BCUT2D eigenvalue weighted by Crippen LogP contribution is -2.18. The van der Waals surface area contributed by atoms with Gasteiger partial charge < -0.3 is 10.1 Å². The first kappa shape index (κ1) is 19.2. The van der Waals surface area contributed by atoms with Crippen LogP contribution < -0.4 is 10.1 Å². The van der Waals surface area contributed by atoms with Gasteiger partial charge in [-0.1, -0.05) is 24.3 Å². The molecular weight excluding hydrogens is 408 g/mol. The number of benzene rings is 2. The molecule has 2 aromatic heterocycles. The summed E-state index contributed by atoms with van der Waals surface area (Å²) < 4.78 is 32.5. The van der Waals surface area contributed by atoms with E-state index in [0.717, 1.165) is 8.96 Å². The Kier molecular flexibility index (Phi) is 5.32. The molecular formula is C20H18N4O3S2. The van der Waals surface area contributed by atoms with E-state index in [1.807, 2.05) is 17.5 Å². The van der Waals surface area contributed by atoms with Crippen LogP contribution in [0.25, 0.3) is 11.4 Å². The summed E-state index contributed by atoms with van der Waals surface area (Å²) in [6.07, 6.45) is 0. The molecule has 0 radical (unpaired) electrons. The first-order valence-electron chi connectivity index (χ1n) is 8.76. The first-order valence-corrected chi connectivity index (χ1v) is 11.1. The summed E-state index contributed by atoms with van der Waals surface area (Å²) in [6, 6.07) is 19.2. The quantitative estimate of drug-likeness (QED) is 0.483. The highest BCUT2D eigenvalue weighted by Crippen LogP contribution is 2.24. The van der Waals surface area contributed by atoms with Crippen molar-refractivity contribution in [3.63, 3.8) is 0 Å². The molecule has 0 spiro atoms. The number of nitrogens with zero attached hydrogens (tertiary/aromatic N) is 3. The Bertz CT molecular complexity index is 1190. The predicted molar refractivity (Wildman–Crippen MR) is 113 cm³/mol. The summed E-state index contributed by atoms with van der Waals surface area (Å²) >= 11 is 1.58. The van der Waals surface area contributed by atoms with Crippen LogP contribution in [0.3, 0.4) is 0 Å². The molecule has 7 nitrogen and oxygen atoms in total. The van der Waals surface area contributed by atoms with Crippen LogP contribution in [0.2, 0.25) is 0 Å². The number of aromatic nitrogens is 3. The van der Waals surface area contributed by atoms with Crippen LogP contribution >= 0.6 is 11.3 Å². The van der Waals surface area contributed by atoms with Crippen molar-refractivity contribution in [2.75, 3.05) is 12.4 Å². The van der Waals surface area contributed by atoms with Gasteiger partial charge in [0, 0.05) is 10.4 Å². The van der Waals surface area contributed by atoms with Gasteiger partial charge in [-0.25, -0.2) is 0 Å². The molecule has 29 heavy (non-hydrogen) atoms. The number of nitrogens with one attached hydrogen (secondary N) is 1. The van der Waals surface area contributed by atoms with Crippen molar-refractivity contribution in [1.82, 2.24) is 14.2 Å². The van der Waals surface area contributed by atoms with E-state index in [2.05, 4.69) is 15.4 Å². The molecule has 148 valence electrons. The lowest BCUT2D eigenvalue weighted by molar-refractivity contribution is 0.415. The summed E-state index contributed by atoms with van der Waals surface area (Å²) in [5.41, 5.74) is 0.687. The summed E-state index contributed by atoms with van der Waals surface area (Å²) in [5, 5.41) is 9.37. The highest BCUT2D eigenvalue weighted by Gasteiger charge is 2.24. The monoisotopic (exact) mass is 426 g/mol. The van der Waals surface area contributed by atoms with Gasteiger partial charge in [0.2, 0.25) is 5.95 Å². The molecule has 0 aliphatic carbocycles. The Morgan fingerprint density at radius 1 is 1.03 bits per heavy atom. The number of hydrogen-bond donors (Lipinski definition) is 1. The lowest BCUT2D eigenvalue weighted by Gasteiger charge is -2.08. The van der Waals surface area contributed by atoms with Gasteiger partial charge >= 0.3 is 0 Å². The molecule has 2 aromatic carbocycles. The van der Waals surface area contributed by atoms with Crippen LogP contribution in [-0.4, -0.2) is 29.7 Å². The van der Waals surface area contributed by atoms with Crippen molar-refractivity contribution in [3.8, 4) is 17.1 Å². The lowest BCUT2D eigenvalue weighted by atomic mass is 10.2. The largest absolute Gasteiger partial charge is 0.497 e. The number of thiophene rings is 1. The van der Waals surface area contributed by atoms with Crippen LogP contribution in [0, 0.1) is 0 Å². The maximum Gasteiger partial charge on any atom is 0.286 e. The topological polar surface area (TPSA) is 86.1 Å². The number of anilines is 1. The third-order valence-corrected chi connectivity index (χ3v) is 6.65. The average molecular weight is 427 g/mol. The van der Waals surface area contributed by atoms with Crippen LogP contribution in [0.4, 0.5) is 5.95 Å². The minimum atomic E-state index is -3.90. The molecule has 0 fully saturated rings. The van der Waals surface area contributed by atoms with Gasteiger partial charge in [-0.3, -0.25) is 0 Å². The molecule has 0 aliphatic heterocycles. The van der Waals surface area contributed by atoms with Crippen LogP contribution in [0.15, 0.2) is 77.0 Å². The van der Waals surface area contributed by atoms with Crippen molar-refractivity contribution in [3.05, 3.63) is 77.0 Å². The zero-order chi connectivity index (χ0) is 20.3. The van der Waals surface area contributed by atoms with Gasteiger partial charge in [0.25, 0.3) is 10.0 Å². The number of ether oxygens (including phenoxy) is 1. The summed E-state index contributed by atoms with van der Waals surface area (Å²) in [6.45, 7) is 0.447. The predicted octanol–water partition coefficient (Wildman–Crippen LogP) is 3.86. The molecule has 0 unspecified atom stereocenters. The fourth-order valence-electron chi connectivity index (χ4n) is 2.71. The second kappa shape index (κ2) is 8.06. The molecule has 0 amide bonds. The minimum Gasteiger partial charge on any atom is -0.497 e. The van der Waals surface area contributed by atoms with Crippen LogP contribution in [-0.2, 0) is 16.6 Å². The third-order valence-electron chi connectivity index (χ3n) is 4.20. The van der Waals surface area contributed by atoms with Crippen LogP contribution in [0.5, 0.6) is 5.75 Å². The van der Waals surface area contributed by atoms with Gasteiger partial charge in [-0.2, -0.15) is 13.4 Å². The highest BCUT2D eigenvalue weighted by molar-refractivity contribution is 7.90. The van der Waals surface area contributed by atoms with Gasteiger partial charge in [-0.15, -0.1) is 20.5 Å². The van der Waals surface area contributed by atoms with E-state index in [1.165, 1.54) is 12.1 Å². The van der Waals surface area contributed by atoms with Crippen molar-refractivity contribution in [2.45, 2.75) is 11.4 Å². The third kappa shape index (κ3) is 4.01. The summed E-state index contributed by atoms with van der Waals surface area (Å²) in [5.74, 6) is 1.16. The van der Waals surface area contributed by atoms with E-state index in [0.29, 0.717) is 23.7 Å². The first-order chi connectivity index (χ1) is 14.1. The smallest absolute Gasteiger partial charge is 0.286 e. The second-order valence-electron chi connectivity index (χ2n) is 6.08. The number of hydrogen-bond acceptors (Lipinski definition) is 7. The minimum absolute atomic E-state index is 0.144. The van der Waals surface area contributed by atoms with Gasteiger partial charge in [0.1, 0.15) is 5.75 Å². The number of methoxy groups -OCH3 is 1. The molecule has 0 saturated carbocycles. The van der Waals surface area contributed by atoms with Gasteiger partial charge in [0.15, 0.2) is 5.82 Å². The van der Waals surface area contributed by atoms with E-state index >= 15 is 0 Å². The maximum atomic E-state index is 13.2. The standard InChI is InChI=1S/C20H18N4O3S2/c1-27-16-11-9-15(10-12-16)19-22-20(21-14-17-6-5-13-28-17)24(23-19)29(25,26)18-7-3-2-4-8-18/h2-13H,14H2,1H3,(H,21,22,23). The van der Waals surface area contributed by atoms with E-state index in [1.54, 1.807) is 60.9 Å². The summed E-state index contributed by atoms with van der Waals surface area (Å²) in [7, 11) is -2.32. The molecule has 4 aromatic rings. The fraction of sp³-hybridized carbons (Fsp3) is 0.100. The van der Waals surface area contributed by atoms with Crippen LogP contribution in [0.1, 0.15) is 4.88 Å². The average Bonchev–Trinajstić information content (AvgIpc) is 3.43. The van der Waals surface area contributed by atoms with Crippen molar-refractivity contribution in [1.29, 1.82) is 0 Å². The van der Waals surface area contributed by atoms with Gasteiger partial charge in [0.05, 0.1) is 18.6 Å². The van der Waals surface area contributed by atoms with Crippen molar-refractivity contribution >= 4 is 27.3 Å². The highest BCUT2D eigenvalue weighted by atomic mass is 32.2. The Morgan fingerprint density at radius 3 is 2.45 bits per heavy atom. The van der Waals surface area contributed by atoms with E-state index < -0.39 is 10.0 Å². The maximum absolute atomic E-state index is 13.2. The Hall–Kier alpha value is -3.17. The molecule has 2 heterocycles. The van der Waals surface area contributed by atoms with Crippen molar-refractivity contribution in [2.24, 2.45) is 0 Å². The molecule has 0 bridgehead atoms. The Balaban J connectivity index is 1.75. The Labute approximate surface area is 172 Å². The second-order valence-corrected chi connectivity index (χ2v) is 8.88. The van der Waals surface area contributed by atoms with Gasteiger partial charge in [-0.05, 0) is 47.8 Å². The zero-order valence-corrected chi connectivity index (χ0v) is 17.2. The van der Waals surface area contributed by atoms with E-state index in [4.69, 9.17) is 4.74 Å². The SMILES string of the molecule is COc1ccc(-c2nc(NCc3cccs3)n(S(=O)(=O)c3ccccc3)n2)cc1. The Morgan fingerprint density at radius 2 is 1.79 bits per heavy atom. The van der Waals surface area contributed by atoms with E-state index in [-0.39, 0.29) is 10.8 Å². The molecule has 4 rings (SSSR count). The molecule has 0 aliphatic rings. The fourth-order valence-corrected chi connectivity index (χ4v) is 4.57. The molecule has 9 heteroatoms. The number of rotatable bonds is 7. The molecule has 1 N–H and O–H groups in total.